The Morgan fingerprint density at radius 3 is 2.83 bits per heavy atom. The number of carbonyl (C=O) groups is 1. The number of imidazole rings is 1. The minimum Gasteiger partial charge on any atom is -0.476 e. The summed E-state index contributed by atoms with van der Waals surface area (Å²) in [6.45, 7) is 0. The zero-order valence-corrected chi connectivity index (χ0v) is 10.0. The molecule has 0 atom stereocenters. The first-order valence-corrected chi connectivity index (χ1v) is 6.32. The molecule has 2 aromatic heterocycles. The van der Waals surface area contributed by atoms with Gasteiger partial charge < -0.3 is 9.51 Å². The minimum absolute atomic E-state index is 0.0274. The highest BCUT2D eigenvalue weighted by Gasteiger charge is 2.20. The van der Waals surface area contributed by atoms with Crippen LogP contribution in [0.25, 0.3) is 5.65 Å². The maximum atomic E-state index is 11.1. The summed E-state index contributed by atoms with van der Waals surface area (Å²) >= 11 is 0. The van der Waals surface area contributed by atoms with Gasteiger partial charge in [0.1, 0.15) is 0 Å². The molecule has 0 bridgehead atoms. The monoisotopic (exact) mass is 245 g/mol. The highest BCUT2D eigenvalue weighted by Crippen LogP contribution is 2.32. The summed E-state index contributed by atoms with van der Waals surface area (Å²) < 4.78 is 1.76. The van der Waals surface area contributed by atoms with Crippen molar-refractivity contribution in [1.29, 1.82) is 0 Å². The van der Waals surface area contributed by atoms with E-state index in [9.17, 15) is 4.79 Å². The SMILES string of the molecule is O=C(O)c1nccn2cc(C3CCCCC3)nc12. The Labute approximate surface area is 104 Å². The molecule has 0 unspecified atom stereocenters. The van der Waals surface area contributed by atoms with Gasteiger partial charge >= 0.3 is 5.97 Å². The second kappa shape index (κ2) is 4.40. The fourth-order valence-electron chi connectivity index (χ4n) is 2.68. The van der Waals surface area contributed by atoms with Crippen LogP contribution in [0.2, 0.25) is 0 Å². The number of hydrogen-bond acceptors (Lipinski definition) is 3. The third-order valence-electron chi connectivity index (χ3n) is 3.62. The first-order valence-electron chi connectivity index (χ1n) is 6.32. The molecule has 1 aliphatic rings. The van der Waals surface area contributed by atoms with Crippen molar-refractivity contribution in [3.8, 4) is 0 Å². The number of carboxylic acid groups (broad SMARTS) is 1. The normalized spacial score (nSPS) is 17.1. The van der Waals surface area contributed by atoms with Crippen LogP contribution in [0.3, 0.4) is 0 Å². The molecule has 3 rings (SSSR count). The molecular formula is C13H15N3O2. The van der Waals surface area contributed by atoms with Crippen molar-refractivity contribution in [3.05, 3.63) is 30.0 Å². The molecule has 5 heteroatoms. The average molecular weight is 245 g/mol. The molecule has 18 heavy (non-hydrogen) atoms. The molecule has 0 spiro atoms. The van der Waals surface area contributed by atoms with Crippen LogP contribution in [0.4, 0.5) is 0 Å². The molecule has 2 heterocycles. The number of nitrogens with zero attached hydrogens (tertiary/aromatic N) is 3. The standard InChI is InChI=1S/C13H15N3O2/c17-13(18)11-12-15-10(8-16(12)7-6-14-11)9-4-2-1-3-5-9/h6-9H,1-5H2,(H,17,18). The van der Waals surface area contributed by atoms with E-state index >= 15 is 0 Å². The molecule has 0 aliphatic heterocycles. The summed E-state index contributed by atoms with van der Waals surface area (Å²) in [7, 11) is 0. The average Bonchev–Trinajstić information content (AvgIpc) is 2.83. The zero-order chi connectivity index (χ0) is 12.5. The first kappa shape index (κ1) is 11.2. The third kappa shape index (κ3) is 1.85. The van der Waals surface area contributed by atoms with E-state index in [1.54, 1.807) is 10.6 Å². The molecule has 0 saturated heterocycles. The molecule has 0 radical (unpaired) electrons. The van der Waals surface area contributed by atoms with Crippen molar-refractivity contribution in [1.82, 2.24) is 14.4 Å². The lowest BCUT2D eigenvalue weighted by atomic mass is 9.87. The van der Waals surface area contributed by atoms with Crippen LogP contribution in [0, 0.1) is 0 Å². The van der Waals surface area contributed by atoms with Crippen LogP contribution >= 0.6 is 0 Å². The van der Waals surface area contributed by atoms with Crippen LogP contribution in [0.5, 0.6) is 0 Å². The second-order valence-electron chi connectivity index (χ2n) is 4.81. The van der Waals surface area contributed by atoms with E-state index in [0.29, 0.717) is 11.6 Å². The Bertz CT molecular complexity index is 585. The van der Waals surface area contributed by atoms with E-state index in [1.165, 1.54) is 25.5 Å². The van der Waals surface area contributed by atoms with E-state index in [0.717, 1.165) is 18.5 Å². The van der Waals surface area contributed by atoms with Crippen molar-refractivity contribution >= 4 is 11.6 Å². The number of aromatic carboxylic acids is 1. The molecule has 1 saturated carbocycles. The van der Waals surface area contributed by atoms with E-state index in [2.05, 4.69) is 9.97 Å². The molecule has 1 fully saturated rings. The van der Waals surface area contributed by atoms with Crippen LogP contribution in [-0.4, -0.2) is 25.4 Å². The number of rotatable bonds is 2. The molecule has 2 aromatic rings. The maximum absolute atomic E-state index is 11.1. The quantitative estimate of drug-likeness (QED) is 0.882. The molecule has 0 amide bonds. The number of fused-ring (bicyclic) bond motifs is 1. The van der Waals surface area contributed by atoms with Crippen LogP contribution in [0.15, 0.2) is 18.6 Å². The predicted octanol–water partition coefficient (Wildman–Crippen LogP) is 2.48. The fraction of sp³-hybridized carbons (Fsp3) is 0.462. The molecular weight excluding hydrogens is 230 g/mol. The van der Waals surface area contributed by atoms with Gasteiger partial charge in [-0.2, -0.15) is 0 Å². The van der Waals surface area contributed by atoms with Gasteiger partial charge in [0.2, 0.25) is 0 Å². The van der Waals surface area contributed by atoms with Gasteiger partial charge in [-0.25, -0.2) is 14.8 Å². The Hall–Kier alpha value is -1.91. The van der Waals surface area contributed by atoms with Gasteiger partial charge in [-0.3, -0.25) is 0 Å². The second-order valence-corrected chi connectivity index (χ2v) is 4.81. The number of hydrogen-bond donors (Lipinski definition) is 1. The molecule has 5 nitrogen and oxygen atoms in total. The number of carboxylic acids is 1. The van der Waals surface area contributed by atoms with Gasteiger partial charge in [0.15, 0.2) is 11.3 Å². The molecule has 1 N–H and O–H groups in total. The van der Waals surface area contributed by atoms with Gasteiger partial charge in [-0.15, -0.1) is 0 Å². The molecule has 0 aromatic carbocycles. The van der Waals surface area contributed by atoms with Gasteiger partial charge in [0.25, 0.3) is 0 Å². The lowest BCUT2D eigenvalue weighted by Crippen LogP contribution is -2.05. The van der Waals surface area contributed by atoms with Crippen molar-refractivity contribution in [3.63, 3.8) is 0 Å². The topological polar surface area (TPSA) is 67.5 Å². The maximum Gasteiger partial charge on any atom is 0.358 e. The Morgan fingerprint density at radius 1 is 1.33 bits per heavy atom. The highest BCUT2D eigenvalue weighted by molar-refractivity contribution is 5.91. The van der Waals surface area contributed by atoms with E-state index in [4.69, 9.17) is 5.11 Å². The Morgan fingerprint density at radius 2 is 2.11 bits per heavy atom. The smallest absolute Gasteiger partial charge is 0.358 e. The lowest BCUT2D eigenvalue weighted by Gasteiger charge is -2.19. The van der Waals surface area contributed by atoms with Gasteiger partial charge in [0, 0.05) is 24.5 Å². The van der Waals surface area contributed by atoms with Crippen molar-refractivity contribution in [2.45, 2.75) is 38.0 Å². The van der Waals surface area contributed by atoms with Crippen LogP contribution in [-0.2, 0) is 0 Å². The third-order valence-corrected chi connectivity index (χ3v) is 3.62. The lowest BCUT2D eigenvalue weighted by molar-refractivity contribution is 0.0692. The largest absolute Gasteiger partial charge is 0.476 e. The van der Waals surface area contributed by atoms with Crippen LogP contribution in [0.1, 0.15) is 54.2 Å². The molecule has 1 aliphatic carbocycles. The van der Waals surface area contributed by atoms with Crippen molar-refractivity contribution in [2.24, 2.45) is 0 Å². The Balaban J connectivity index is 2.04. The van der Waals surface area contributed by atoms with Gasteiger partial charge in [-0.1, -0.05) is 19.3 Å². The summed E-state index contributed by atoms with van der Waals surface area (Å²) in [5.74, 6) is -0.554. The minimum atomic E-state index is -1.03. The van der Waals surface area contributed by atoms with Crippen LogP contribution < -0.4 is 0 Å². The summed E-state index contributed by atoms with van der Waals surface area (Å²) in [6, 6.07) is 0. The van der Waals surface area contributed by atoms with Gasteiger partial charge in [-0.05, 0) is 12.8 Å². The summed E-state index contributed by atoms with van der Waals surface area (Å²) in [5.41, 5.74) is 1.48. The predicted molar refractivity (Wildman–Crippen MR) is 65.8 cm³/mol. The van der Waals surface area contributed by atoms with Gasteiger partial charge in [0.05, 0.1) is 5.69 Å². The Kier molecular flexibility index (Phi) is 2.74. The fourth-order valence-corrected chi connectivity index (χ4v) is 2.68. The highest BCUT2D eigenvalue weighted by atomic mass is 16.4. The molecule has 94 valence electrons. The van der Waals surface area contributed by atoms with E-state index in [1.807, 2.05) is 6.20 Å². The summed E-state index contributed by atoms with van der Waals surface area (Å²) in [5, 5.41) is 9.09. The zero-order valence-electron chi connectivity index (χ0n) is 10.0. The van der Waals surface area contributed by atoms with Crippen molar-refractivity contribution in [2.75, 3.05) is 0 Å². The van der Waals surface area contributed by atoms with Crippen molar-refractivity contribution < 1.29 is 9.90 Å². The van der Waals surface area contributed by atoms with E-state index in [-0.39, 0.29) is 5.69 Å². The van der Waals surface area contributed by atoms with E-state index < -0.39 is 5.97 Å². The summed E-state index contributed by atoms with van der Waals surface area (Å²) in [4.78, 5) is 19.4. The number of aromatic nitrogens is 3. The first-order chi connectivity index (χ1) is 8.75. The summed E-state index contributed by atoms with van der Waals surface area (Å²) in [6.07, 6.45) is 11.3.